The molecule has 0 aliphatic rings. The van der Waals surface area contributed by atoms with E-state index in [1.165, 1.54) is 19.2 Å². The van der Waals surface area contributed by atoms with Gasteiger partial charge in [-0.25, -0.2) is 18.1 Å². The van der Waals surface area contributed by atoms with Crippen LogP contribution in [0.15, 0.2) is 53.7 Å². The lowest BCUT2D eigenvalue weighted by Gasteiger charge is -2.06. The number of fused-ring (bicyclic) bond motifs is 1. The van der Waals surface area contributed by atoms with Crippen LogP contribution in [-0.4, -0.2) is 30.8 Å². The van der Waals surface area contributed by atoms with Gasteiger partial charge in [0.1, 0.15) is 11.3 Å². The molecule has 2 aromatic heterocycles. The van der Waals surface area contributed by atoms with Crippen molar-refractivity contribution in [1.82, 2.24) is 19.4 Å². The van der Waals surface area contributed by atoms with Crippen LogP contribution in [0.2, 0.25) is 0 Å². The molecule has 7 nitrogen and oxygen atoms in total. The lowest BCUT2D eigenvalue weighted by atomic mass is 10.2. The highest BCUT2D eigenvalue weighted by molar-refractivity contribution is 7.89. The Balaban J connectivity index is 1.74. The number of amides is 1. The van der Waals surface area contributed by atoms with Gasteiger partial charge < -0.3 is 9.72 Å². The minimum atomic E-state index is -3.51. The summed E-state index contributed by atoms with van der Waals surface area (Å²) in [4.78, 5) is 16.8. The number of hydrogen-bond donors (Lipinski definition) is 2. The van der Waals surface area contributed by atoms with Gasteiger partial charge in [0.2, 0.25) is 10.0 Å². The molecular formula is C17H18N4O3S. The Kier molecular flexibility index (Phi) is 4.56. The van der Waals surface area contributed by atoms with Gasteiger partial charge in [0.15, 0.2) is 0 Å². The quantitative estimate of drug-likeness (QED) is 0.723. The van der Waals surface area contributed by atoms with Gasteiger partial charge in [0, 0.05) is 18.9 Å². The van der Waals surface area contributed by atoms with Gasteiger partial charge in [-0.2, -0.15) is 0 Å². The lowest BCUT2D eigenvalue weighted by molar-refractivity contribution is 0.0946. The Morgan fingerprint density at radius 2 is 2.04 bits per heavy atom. The maximum atomic E-state index is 12.3. The first-order valence-corrected chi connectivity index (χ1v) is 9.13. The van der Waals surface area contributed by atoms with Crippen molar-refractivity contribution in [3.8, 4) is 0 Å². The number of nitrogens with zero attached hydrogens (tertiary/aromatic N) is 2. The molecule has 8 heteroatoms. The van der Waals surface area contributed by atoms with Crippen LogP contribution in [0.1, 0.15) is 21.6 Å². The average Bonchev–Trinajstić information content (AvgIpc) is 3.03. The van der Waals surface area contributed by atoms with Crippen LogP contribution in [0.5, 0.6) is 0 Å². The topological polar surface area (TPSA) is 92.6 Å². The molecule has 0 aliphatic carbocycles. The predicted octanol–water partition coefficient (Wildman–Crippen LogP) is 1.48. The molecule has 0 unspecified atom stereocenters. The van der Waals surface area contributed by atoms with E-state index < -0.39 is 10.0 Å². The van der Waals surface area contributed by atoms with Crippen LogP contribution in [-0.2, 0) is 16.6 Å². The van der Waals surface area contributed by atoms with E-state index in [1.54, 1.807) is 22.7 Å². The number of nitrogens with one attached hydrogen (secondary N) is 2. The Bertz CT molecular complexity index is 1040. The Morgan fingerprint density at radius 3 is 2.80 bits per heavy atom. The molecule has 3 rings (SSSR count). The van der Waals surface area contributed by atoms with E-state index in [1.807, 2.05) is 25.3 Å². The Hall–Kier alpha value is -2.71. The summed E-state index contributed by atoms with van der Waals surface area (Å²) in [7, 11) is -2.16. The van der Waals surface area contributed by atoms with Crippen LogP contribution in [0, 0.1) is 6.92 Å². The Morgan fingerprint density at radius 1 is 1.24 bits per heavy atom. The molecule has 0 saturated heterocycles. The van der Waals surface area contributed by atoms with Crippen LogP contribution >= 0.6 is 0 Å². The van der Waals surface area contributed by atoms with Gasteiger partial charge >= 0.3 is 0 Å². The molecular weight excluding hydrogens is 340 g/mol. The molecule has 0 atom stereocenters. The van der Waals surface area contributed by atoms with Crippen molar-refractivity contribution in [3.63, 3.8) is 0 Å². The maximum Gasteiger partial charge on any atom is 0.271 e. The van der Waals surface area contributed by atoms with Crippen LogP contribution < -0.4 is 10.0 Å². The Labute approximate surface area is 145 Å². The van der Waals surface area contributed by atoms with E-state index in [2.05, 4.69) is 15.0 Å². The SMILES string of the molecule is CNS(=O)(=O)c1cccc(CNC(=O)c2cn3ccc(C)cc3n2)c1. The molecule has 0 aliphatic heterocycles. The fraction of sp³-hybridized carbons (Fsp3) is 0.176. The number of sulfonamides is 1. The zero-order chi connectivity index (χ0) is 18.0. The molecule has 2 heterocycles. The summed E-state index contributed by atoms with van der Waals surface area (Å²) in [6.07, 6.45) is 3.51. The summed E-state index contributed by atoms with van der Waals surface area (Å²) >= 11 is 0. The highest BCUT2D eigenvalue weighted by Gasteiger charge is 2.13. The standard InChI is InChI=1S/C17H18N4O3S/c1-12-6-7-21-11-15(20-16(21)8-12)17(22)19-10-13-4-3-5-14(9-13)25(23,24)18-2/h3-9,11,18H,10H2,1-2H3,(H,19,22). The molecule has 1 amide bonds. The number of hydrogen-bond acceptors (Lipinski definition) is 4. The van der Waals surface area contributed by atoms with Gasteiger partial charge in [-0.3, -0.25) is 4.79 Å². The molecule has 0 spiro atoms. The molecule has 0 saturated carbocycles. The van der Waals surface area contributed by atoms with Crippen molar-refractivity contribution in [1.29, 1.82) is 0 Å². The van der Waals surface area contributed by atoms with E-state index in [9.17, 15) is 13.2 Å². The number of rotatable bonds is 5. The van der Waals surface area contributed by atoms with Gasteiger partial charge in [-0.15, -0.1) is 0 Å². The van der Waals surface area contributed by atoms with Crippen molar-refractivity contribution in [3.05, 3.63) is 65.6 Å². The summed E-state index contributed by atoms with van der Waals surface area (Å²) in [5.74, 6) is -0.316. The minimum Gasteiger partial charge on any atom is -0.347 e. The second kappa shape index (κ2) is 6.66. The minimum absolute atomic E-state index is 0.157. The number of carbonyl (C=O) groups is 1. The average molecular weight is 358 g/mol. The summed E-state index contributed by atoms with van der Waals surface area (Å²) in [6, 6.07) is 10.2. The fourth-order valence-electron chi connectivity index (χ4n) is 2.41. The van der Waals surface area contributed by atoms with Crippen LogP contribution in [0.3, 0.4) is 0 Å². The highest BCUT2D eigenvalue weighted by atomic mass is 32.2. The second-order valence-electron chi connectivity index (χ2n) is 5.63. The van der Waals surface area contributed by atoms with E-state index in [4.69, 9.17) is 0 Å². The van der Waals surface area contributed by atoms with Crippen molar-refractivity contribution >= 4 is 21.6 Å². The third-order valence-electron chi connectivity index (χ3n) is 3.78. The molecule has 2 N–H and O–H groups in total. The van der Waals surface area contributed by atoms with Gasteiger partial charge in [-0.1, -0.05) is 12.1 Å². The molecule has 130 valence electrons. The summed E-state index contributed by atoms with van der Waals surface area (Å²) < 4.78 is 27.7. The second-order valence-corrected chi connectivity index (χ2v) is 7.52. The van der Waals surface area contributed by atoms with Crippen LogP contribution in [0.25, 0.3) is 5.65 Å². The van der Waals surface area contributed by atoms with Gasteiger partial charge in [0.25, 0.3) is 5.91 Å². The van der Waals surface area contributed by atoms with Gasteiger partial charge in [0.05, 0.1) is 4.90 Å². The summed E-state index contributed by atoms with van der Waals surface area (Å²) in [6.45, 7) is 2.17. The first kappa shape index (κ1) is 17.1. The summed E-state index contributed by atoms with van der Waals surface area (Å²) in [5, 5.41) is 2.76. The zero-order valence-corrected chi connectivity index (χ0v) is 14.7. The van der Waals surface area contributed by atoms with Crippen molar-refractivity contribution in [2.24, 2.45) is 0 Å². The summed E-state index contributed by atoms with van der Waals surface area (Å²) in [5.41, 5.74) is 2.76. The molecule has 0 fully saturated rings. The van der Waals surface area contributed by atoms with E-state index in [0.717, 1.165) is 5.56 Å². The molecule has 1 aromatic carbocycles. The first-order chi connectivity index (χ1) is 11.9. The first-order valence-electron chi connectivity index (χ1n) is 7.65. The number of carbonyl (C=O) groups excluding carboxylic acids is 1. The van der Waals surface area contributed by atoms with E-state index in [0.29, 0.717) is 16.9 Å². The van der Waals surface area contributed by atoms with E-state index >= 15 is 0 Å². The smallest absolute Gasteiger partial charge is 0.271 e. The van der Waals surface area contributed by atoms with E-state index in [-0.39, 0.29) is 17.3 Å². The van der Waals surface area contributed by atoms with Crippen molar-refractivity contribution in [2.75, 3.05) is 7.05 Å². The fourth-order valence-corrected chi connectivity index (χ4v) is 3.21. The maximum absolute atomic E-state index is 12.3. The van der Waals surface area contributed by atoms with Crippen molar-refractivity contribution < 1.29 is 13.2 Å². The number of aromatic nitrogens is 2. The normalized spacial score (nSPS) is 11.6. The van der Waals surface area contributed by atoms with Gasteiger partial charge in [-0.05, 0) is 49.4 Å². The third-order valence-corrected chi connectivity index (χ3v) is 5.19. The third kappa shape index (κ3) is 3.70. The zero-order valence-electron chi connectivity index (χ0n) is 13.9. The molecule has 25 heavy (non-hydrogen) atoms. The monoisotopic (exact) mass is 358 g/mol. The molecule has 0 bridgehead atoms. The largest absolute Gasteiger partial charge is 0.347 e. The predicted molar refractivity (Wildman–Crippen MR) is 93.8 cm³/mol. The number of pyridine rings is 1. The molecule has 3 aromatic rings. The number of benzene rings is 1. The highest BCUT2D eigenvalue weighted by Crippen LogP contribution is 2.12. The number of aryl methyl sites for hydroxylation is 1. The van der Waals surface area contributed by atoms with Crippen molar-refractivity contribution in [2.45, 2.75) is 18.4 Å². The molecule has 0 radical (unpaired) electrons. The lowest BCUT2D eigenvalue weighted by Crippen LogP contribution is -2.23. The number of imidazole rings is 1. The van der Waals surface area contributed by atoms with Crippen LogP contribution in [0.4, 0.5) is 0 Å².